The lowest BCUT2D eigenvalue weighted by molar-refractivity contribution is -0.211. The summed E-state index contributed by atoms with van der Waals surface area (Å²) in [5, 5.41) is 68.6. The predicted molar refractivity (Wildman–Crippen MR) is 542 cm³/mol. The van der Waals surface area contributed by atoms with Gasteiger partial charge in [-0.15, -0.1) is 10.2 Å². The van der Waals surface area contributed by atoms with Crippen molar-refractivity contribution in [2.75, 3.05) is 77.3 Å². The molecule has 0 bridgehead atoms. The quantitative estimate of drug-likeness (QED) is 0.00254. The number of rotatable bonds is 38. The van der Waals surface area contributed by atoms with Crippen molar-refractivity contribution in [3.63, 3.8) is 0 Å². The number of nitrogens with two attached hydrogens (primary N) is 1. The van der Waals surface area contributed by atoms with Crippen LogP contribution in [0.15, 0.2) is 231 Å². The average molecular weight is 1870 g/mol. The van der Waals surface area contributed by atoms with E-state index in [1.807, 2.05) is 128 Å². The van der Waals surface area contributed by atoms with Crippen LogP contribution in [0.3, 0.4) is 0 Å². The van der Waals surface area contributed by atoms with E-state index < -0.39 is 35.4 Å². The van der Waals surface area contributed by atoms with Gasteiger partial charge in [0.2, 0.25) is 11.3 Å². The molecule has 0 amide bonds. The molecule has 0 saturated heterocycles. The van der Waals surface area contributed by atoms with E-state index in [0.717, 1.165) is 148 Å². The minimum absolute atomic E-state index is 0.114. The van der Waals surface area contributed by atoms with Crippen molar-refractivity contribution >= 4 is 119 Å². The number of carbonyl (C=O) groups is 2. The van der Waals surface area contributed by atoms with Crippen LogP contribution in [0, 0.1) is 41.3 Å². The third-order valence-electron chi connectivity index (χ3n) is 24.9. The topological polar surface area (TPSA) is 302 Å². The largest absolute Gasteiger partial charge is 0.460 e. The van der Waals surface area contributed by atoms with Crippen LogP contribution in [0.4, 0.5) is 56.9 Å². The molecule has 10 N–H and O–H groups in total. The number of para-hydroxylation sites is 3. The lowest BCUT2D eigenvalue weighted by atomic mass is 9.62. The number of aliphatic hydroxyl groups is 2. The number of carbonyl (C=O) groups excluding carboxylic acids is 2. The maximum atomic E-state index is 13.0. The highest BCUT2D eigenvalue weighted by Gasteiger charge is 2.54. The Kier molecular flexibility index (Phi) is 35.2. The third-order valence-corrected chi connectivity index (χ3v) is 25.5. The van der Waals surface area contributed by atoms with Crippen molar-refractivity contribution in [3.05, 3.63) is 266 Å². The average Bonchev–Trinajstić information content (AvgIpc) is 0.707. The SMILES string of the molecule is CCCCCOC#CC1(COC(=O)CCCCC)Nc2cccc3ccc(C4C(O)C(c5ccc6cccc7c6c5NC(C#COCCCCC)(COC(=O)CCCCC)N7)C4O)c(c23)N1.CCc1cccc(CC)c1NC1=CC=C(Nc2c(CC)cccc2CC)C2Cc3ccccc3C=C12.CN(C)c1ccc(N=Nc2c(Br)cc(OON)cc2C#N)c(N=COc2ccccc2)c1. The number of allylic oxidation sites excluding steroid dienone is 4. The third kappa shape index (κ3) is 24.1. The summed E-state index contributed by atoms with van der Waals surface area (Å²) in [5.41, 5.74) is 19.0. The van der Waals surface area contributed by atoms with E-state index in [4.69, 9.17) is 34.5 Å². The molecule has 15 rings (SSSR count). The summed E-state index contributed by atoms with van der Waals surface area (Å²) in [6, 6.07) is 61.9. The summed E-state index contributed by atoms with van der Waals surface area (Å²) in [6.07, 6.45) is 29.0. The van der Waals surface area contributed by atoms with E-state index in [9.17, 15) is 25.1 Å². The van der Waals surface area contributed by atoms with E-state index in [-0.39, 0.29) is 36.5 Å². The van der Waals surface area contributed by atoms with Gasteiger partial charge in [-0.1, -0.05) is 239 Å². The number of nitrogens with zero attached hydrogens (tertiary/aromatic N) is 5. The molecule has 0 aromatic heterocycles. The summed E-state index contributed by atoms with van der Waals surface area (Å²) in [6.45, 7) is 18.1. The number of benzene rings is 10. The summed E-state index contributed by atoms with van der Waals surface area (Å²) < 4.78 is 29.4. The zero-order valence-electron chi connectivity index (χ0n) is 78.5. The molecule has 10 aromatic carbocycles. The van der Waals surface area contributed by atoms with Crippen molar-refractivity contribution in [1.82, 2.24) is 0 Å². The van der Waals surface area contributed by atoms with E-state index in [0.29, 0.717) is 81.8 Å². The normalized spacial score (nSPS) is 17.9. The summed E-state index contributed by atoms with van der Waals surface area (Å²) >= 11 is 3.36. The van der Waals surface area contributed by atoms with Crippen molar-refractivity contribution < 1.29 is 53.4 Å². The minimum Gasteiger partial charge on any atom is -0.460 e. The van der Waals surface area contributed by atoms with Crippen molar-refractivity contribution in [2.24, 2.45) is 27.0 Å². The standard InChI is InChI=1S/C54H68N4O8.C34H38N2.C22H19BrN6O3/c1-5-9-13-23-43(59)65-35-53(29-33-63-31-15-11-7-3)55-41-21-17-19-37-25-27-39(49(57-53)45(37)41)47-51(61)48(52(47)62)40-28-26-38-20-18-22-42-46(38)50(40)58-54(56-42,30-34-64-32-16-12-8-4)36-66-44(60)24-14-10-6-2;1-5-23-15-11-16-24(6-2)33(23)35-31-19-20-32(36-34-25(7-3)17-12-18-26(34)8-4)30-22-28-14-10-9-13-27(28)21-29(30)31;1-29(2)16-8-9-20(21(11-16)26-14-30-17-6-4-3-5-7-17)27-28-22-15(13-24)10-18(31-32-25)12-19(22)23/h17-22,25-28,47-48,51-52,55-58,61-62H,5-16,23-24,31-32,35-36H2,1-4H3;9-21,30,35-36H,5-8,22H2,1-4H3;3-12,14H,25H2,1-2H3. The number of fused-ring (bicyclic) bond motifs is 2. The van der Waals surface area contributed by atoms with Gasteiger partial charge in [-0.3, -0.25) is 9.59 Å². The number of aliphatic imine (C=N–C) groups is 1. The molecule has 0 spiro atoms. The molecular formula is C110H125BrN12O11. The molecule has 0 radical (unpaired) electrons. The van der Waals surface area contributed by atoms with Gasteiger partial charge in [-0.05, 0) is 207 Å². The van der Waals surface area contributed by atoms with Crippen LogP contribution >= 0.6 is 15.9 Å². The number of aliphatic hydroxyl groups excluding tert-OH is 2. The number of nitriles is 1. The highest BCUT2D eigenvalue weighted by atomic mass is 79.9. The van der Waals surface area contributed by atoms with Crippen LogP contribution in [-0.4, -0.2) is 92.6 Å². The molecule has 2 heterocycles. The number of halogens is 1. The van der Waals surface area contributed by atoms with E-state index in [1.54, 1.807) is 12.1 Å². The number of hydrogen-bond acceptors (Lipinski definition) is 23. The molecular weight excluding hydrogens is 1750 g/mol. The predicted octanol–water partition coefficient (Wildman–Crippen LogP) is 24.5. The molecule has 23 nitrogen and oxygen atoms in total. The molecule has 24 heteroatoms. The number of aryl methyl sites for hydroxylation is 4. The van der Waals surface area contributed by atoms with Crippen LogP contribution in [0.2, 0.25) is 0 Å². The number of esters is 2. The van der Waals surface area contributed by atoms with Crippen LogP contribution in [-0.2, 0) is 65.6 Å². The van der Waals surface area contributed by atoms with Crippen molar-refractivity contribution in [1.29, 1.82) is 5.26 Å². The Morgan fingerprint density at radius 3 is 1.61 bits per heavy atom. The Morgan fingerprint density at radius 2 is 1.09 bits per heavy atom. The fraction of sp³-hybridized carbons (Fsp3) is 0.364. The number of azo groups is 1. The van der Waals surface area contributed by atoms with Crippen LogP contribution < -0.4 is 52.3 Å². The van der Waals surface area contributed by atoms with E-state index in [1.165, 1.54) is 74.2 Å². The molecule has 698 valence electrons. The van der Waals surface area contributed by atoms with Crippen LogP contribution in [0.25, 0.3) is 27.6 Å². The zero-order valence-corrected chi connectivity index (χ0v) is 80.1. The van der Waals surface area contributed by atoms with E-state index in [2.05, 4.69) is 226 Å². The fourth-order valence-corrected chi connectivity index (χ4v) is 18.1. The van der Waals surface area contributed by atoms with Gasteiger partial charge >= 0.3 is 11.9 Å². The summed E-state index contributed by atoms with van der Waals surface area (Å²) in [7, 11) is 3.85. The Balaban J connectivity index is 0.000000188. The van der Waals surface area contributed by atoms with Gasteiger partial charge in [-0.25, -0.2) is 4.99 Å². The first-order valence-corrected chi connectivity index (χ1v) is 48.0. The molecule has 3 aliphatic carbocycles. The molecule has 2 aliphatic heterocycles. The van der Waals surface area contributed by atoms with Gasteiger partial charge in [-0.2, -0.15) is 11.2 Å². The molecule has 1 saturated carbocycles. The zero-order chi connectivity index (χ0) is 94.5. The second-order valence-corrected chi connectivity index (χ2v) is 35.2. The monoisotopic (exact) mass is 1870 g/mol. The number of nitrogens with one attached hydrogen (secondary N) is 6. The lowest BCUT2D eigenvalue weighted by Crippen LogP contribution is -2.55. The second-order valence-electron chi connectivity index (χ2n) is 34.4. The maximum absolute atomic E-state index is 13.0. The van der Waals surface area contributed by atoms with E-state index >= 15 is 0 Å². The van der Waals surface area contributed by atoms with Gasteiger partial charge in [0.05, 0.1) is 39.3 Å². The van der Waals surface area contributed by atoms with Crippen LogP contribution in [0.1, 0.15) is 207 Å². The second kappa shape index (κ2) is 48.0. The molecule has 10 aromatic rings. The lowest BCUT2D eigenvalue weighted by Gasteiger charge is -2.50. The van der Waals surface area contributed by atoms with Crippen molar-refractivity contribution in [2.45, 2.75) is 213 Å². The highest BCUT2D eigenvalue weighted by molar-refractivity contribution is 9.10. The first-order valence-electron chi connectivity index (χ1n) is 47.3. The number of hydrogen-bond donors (Lipinski definition) is 9. The Bertz CT molecular complexity index is 5900. The van der Waals surface area contributed by atoms with Crippen molar-refractivity contribution in [3.8, 4) is 41.6 Å². The van der Waals surface area contributed by atoms with Crippen LogP contribution in [0.5, 0.6) is 11.5 Å². The smallest absolute Gasteiger partial charge is 0.305 e. The van der Waals surface area contributed by atoms with Gasteiger partial charge < -0.3 is 75.6 Å². The molecule has 1 fully saturated rings. The first-order chi connectivity index (χ1) is 65.3. The molecule has 5 aliphatic rings. The minimum atomic E-state index is -1.28. The maximum Gasteiger partial charge on any atom is 0.305 e. The van der Waals surface area contributed by atoms with Gasteiger partial charge in [0.1, 0.15) is 61.8 Å². The Labute approximate surface area is 796 Å². The molecule has 3 atom stereocenters. The molecule has 3 unspecified atom stereocenters. The summed E-state index contributed by atoms with van der Waals surface area (Å²) in [4.78, 5) is 41.3. The van der Waals surface area contributed by atoms with Gasteiger partial charge in [0, 0.05) is 107 Å². The number of anilines is 7. The Morgan fingerprint density at radius 1 is 0.567 bits per heavy atom. The first kappa shape index (κ1) is 98.4. The molecule has 134 heavy (non-hydrogen) atoms. The Hall–Kier alpha value is -13.1. The number of unbranched alkanes of at least 4 members (excludes halogenated alkanes) is 8. The summed E-state index contributed by atoms with van der Waals surface area (Å²) in [5.74, 6) is 10.5. The highest BCUT2D eigenvalue weighted by Crippen LogP contribution is 2.56. The fourth-order valence-electron chi connectivity index (χ4n) is 17.6. The number of ether oxygens (including phenoxy) is 5. The van der Waals surface area contributed by atoms with Gasteiger partial charge in [0.25, 0.3) is 0 Å². The van der Waals surface area contributed by atoms with Gasteiger partial charge in [0.15, 0.2) is 12.2 Å².